The van der Waals surface area contributed by atoms with Gasteiger partial charge in [-0.3, -0.25) is 0 Å². The van der Waals surface area contributed by atoms with Crippen LogP contribution in [0.15, 0.2) is 0 Å². The highest BCUT2D eigenvalue weighted by atomic mass is 19.4. The van der Waals surface area contributed by atoms with Crippen molar-refractivity contribution in [2.75, 3.05) is 13.2 Å². The fourth-order valence-electron chi connectivity index (χ4n) is 1.26. The van der Waals surface area contributed by atoms with Gasteiger partial charge in [-0.15, -0.1) is 0 Å². The summed E-state index contributed by atoms with van der Waals surface area (Å²) in [5.74, 6) is -1.54. The van der Waals surface area contributed by atoms with Gasteiger partial charge in [0.25, 0.3) is 0 Å². The summed E-state index contributed by atoms with van der Waals surface area (Å²) in [6.45, 7) is 5.93. The molecule has 1 aliphatic rings. The van der Waals surface area contributed by atoms with Crippen molar-refractivity contribution >= 4 is 0 Å². The van der Waals surface area contributed by atoms with Crippen LogP contribution in [0.3, 0.4) is 0 Å². The molecule has 0 amide bonds. The van der Waals surface area contributed by atoms with Gasteiger partial charge in [0.1, 0.15) is 0 Å². The van der Waals surface area contributed by atoms with Crippen molar-refractivity contribution in [2.24, 2.45) is 11.8 Å². The zero-order valence-corrected chi connectivity index (χ0v) is 8.32. The molecule has 1 aliphatic heterocycles. The van der Waals surface area contributed by atoms with Crippen molar-refractivity contribution in [3.8, 4) is 0 Å². The minimum absolute atomic E-state index is 0.162. The van der Waals surface area contributed by atoms with Crippen LogP contribution in [-0.2, 0) is 4.74 Å². The first-order chi connectivity index (χ1) is 6.02. The topological polar surface area (TPSA) is 9.23 Å². The molecule has 2 unspecified atom stereocenters. The van der Waals surface area contributed by atoms with Crippen LogP contribution in [0.1, 0.15) is 27.2 Å². The van der Waals surface area contributed by atoms with Crippen molar-refractivity contribution in [2.45, 2.75) is 33.4 Å². The fraction of sp³-hybridized carbons (Fsp3) is 1.00. The third kappa shape index (κ3) is 3.98. The van der Waals surface area contributed by atoms with Crippen molar-refractivity contribution in [3.05, 3.63) is 0 Å². The molecule has 1 saturated heterocycles. The zero-order valence-electron chi connectivity index (χ0n) is 8.32. The first-order valence-corrected chi connectivity index (χ1v) is 4.66. The lowest BCUT2D eigenvalue weighted by Crippen LogP contribution is -2.36. The molecular weight excluding hydrogens is 181 g/mol. The van der Waals surface area contributed by atoms with E-state index < -0.39 is 12.1 Å². The van der Waals surface area contributed by atoms with E-state index in [-0.39, 0.29) is 12.5 Å². The van der Waals surface area contributed by atoms with E-state index in [1.807, 2.05) is 13.8 Å². The van der Waals surface area contributed by atoms with Gasteiger partial charge in [-0.1, -0.05) is 20.8 Å². The Balaban J connectivity index is 0.000000671. The van der Waals surface area contributed by atoms with E-state index in [0.717, 1.165) is 0 Å². The zero-order chi connectivity index (χ0) is 10.5. The van der Waals surface area contributed by atoms with Crippen molar-refractivity contribution < 1.29 is 17.9 Å². The predicted molar refractivity (Wildman–Crippen MR) is 45.5 cm³/mol. The van der Waals surface area contributed by atoms with E-state index >= 15 is 0 Å². The summed E-state index contributed by atoms with van der Waals surface area (Å²) in [5, 5.41) is 0. The predicted octanol–water partition coefficient (Wildman–Crippen LogP) is 3.25. The lowest BCUT2D eigenvalue weighted by molar-refractivity contribution is -0.213. The molecule has 0 aliphatic carbocycles. The Morgan fingerprint density at radius 3 is 2.08 bits per heavy atom. The highest BCUT2D eigenvalue weighted by Gasteiger charge is 2.44. The minimum atomic E-state index is -4.08. The van der Waals surface area contributed by atoms with E-state index in [1.54, 1.807) is 6.92 Å². The van der Waals surface area contributed by atoms with Crippen LogP contribution in [0, 0.1) is 11.8 Å². The molecule has 0 bridgehead atoms. The number of hydrogen-bond acceptors (Lipinski definition) is 1. The second kappa shape index (κ2) is 5.47. The molecule has 1 fully saturated rings. The third-order valence-electron chi connectivity index (χ3n) is 2.12. The molecule has 1 heterocycles. The standard InChI is InChI=1S/C7H11F3O.C2H6/c1-5-2-3-11-4-6(5)7(8,9)10;1-2/h5-6H,2-4H2,1H3;1-2H3. The molecule has 4 heteroatoms. The second-order valence-electron chi connectivity index (χ2n) is 2.99. The molecule has 0 aromatic rings. The number of ether oxygens (including phenoxy) is 1. The third-order valence-corrected chi connectivity index (χ3v) is 2.12. The van der Waals surface area contributed by atoms with Crippen LogP contribution in [0.4, 0.5) is 13.2 Å². The highest BCUT2D eigenvalue weighted by molar-refractivity contribution is 4.76. The van der Waals surface area contributed by atoms with Crippen molar-refractivity contribution in [3.63, 3.8) is 0 Å². The van der Waals surface area contributed by atoms with Gasteiger partial charge in [-0.05, 0) is 12.3 Å². The van der Waals surface area contributed by atoms with Gasteiger partial charge in [0.2, 0.25) is 0 Å². The van der Waals surface area contributed by atoms with Crippen LogP contribution in [0.5, 0.6) is 0 Å². The Bertz CT molecular complexity index is 133. The molecule has 0 spiro atoms. The highest BCUT2D eigenvalue weighted by Crippen LogP contribution is 2.35. The van der Waals surface area contributed by atoms with E-state index in [9.17, 15) is 13.2 Å². The molecular formula is C9H17F3O. The molecule has 0 aromatic carbocycles. The van der Waals surface area contributed by atoms with Gasteiger partial charge in [-0.2, -0.15) is 13.2 Å². The van der Waals surface area contributed by atoms with Crippen LogP contribution >= 0.6 is 0 Å². The summed E-state index contributed by atoms with van der Waals surface area (Å²) >= 11 is 0. The average Bonchev–Trinajstić information content (AvgIpc) is 2.07. The fourth-order valence-corrected chi connectivity index (χ4v) is 1.26. The van der Waals surface area contributed by atoms with Crippen molar-refractivity contribution in [1.82, 2.24) is 0 Å². The van der Waals surface area contributed by atoms with Crippen LogP contribution in [-0.4, -0.2) is 19.4 Å². The van der Waals surface area contributed by atoms with E-state index in [4.69, 9.17) is 4.74 Å². The maximum absolute atomic E-state index is 12.1. The van der Waals surface area contributed by atoms with E-state index in [1.165, 1.54) is 0 Å². The Kier molecular flexibility index (Phi) is 5.37. The summed E-state index contributed by atoms with van der Waals surface area (Å²) in [6, 6.07) is 0. The Labute approximate surface area is 77.3 Å². The monoisotopic (exact) mass is 198 g/mol. The lowest BCUT2D eigenvalue weighted by Gasteiger charge is -2.30. The smallest absolute Gasteiger partial charge is 0.381 e. The normalized spacial score (nSPS) is 29.1. The van der Waals surface area contributed by atoms with Gasteiger partial charge < -0.3 is 4.74 Å². The summed E-state index contributed by atoms with van der Waals surface area (Å²) in [5.41, 5.74) is 0. The molecule has 13 heavy (non-hydrogen) atoms. The van der Waals surface area contributed by atoms with E-state index in [0.29, 0.717) is 13.0 Å². The minimum Gasteiger partial charge on any atom is -0.381 e. The molecule has 1 rings (SSSR count). The Morgan fingerprint density at radius 1 is 1.23 bits per heavy atom. The molecule has 0 N–H and O–H groups in total. The molecule has 0 saturated carbocycles. The van der Waals surface area contributed by atoms with E-state index in [2.05, 4.69) is 0 Å². The summed E-state index contributed by atoms with van der Waals surface area (Å²) in [7, 11) is 0. The average molecular weight is 198 g/mol. The number of halogens is 3. The van der Waals surface area contributed by atoms with Crippen LogP contribution in [0.25, 0.3) is 0 Å². The summed E-state index contributed by atoms with van der Waals surface area (Å²) < 4.78 is 41.1. The molecule has 0 aromatic heterocycles. The molecule has 2 atom stereocenters. The molecule has 80 valence electrons. The number of hydrogen-bond donors (Lipinski definition) is 0. The van der Waals surface area contributed by atoms with Gasteiger partial charge in [0.15, 0.2) is 0 Å². The van der Waals surface area contributed by atoms with Gasteiger partial charge in [-0.25, -0.2) is 0 Å². The maximum atomic E-state index is 12.1. The van der Waals surface area contributed by atoms with Crippen LogP contribution < -0.4 is 0 Å². The number of rotatable bonds is 0. The lowest BCUT2D eigenvalue weighted by atomic mass is 9.90. The SMILES string of the molecule is CC.CC1CCOCC1C(F)(F)F. The van der Waals surface area contributed by atoms with Gasteiger partial charge in [0, 0.05) is 6.61 Å². The van der Waals surface area contributed by atoms with Crippen molar-refractivity contribution in [1.29, 1.82) is 0 Å². The Morgan fingerprint density at radius 2 is 1.77 bits per heavy atom. The molecule has 0 radical (unpaired) electrons. The summed E-state index contributed by atoms with van der Waals surface area (Å²) in [6.07, 6.45) is -3.57. The van der Waals surface area contributed by atoms with Gasteiger partial charge >= 0.3 is 6.18 Å². The first-order valence-electron chi connectivity index (χ1n) is 4.66. The second-order valence-corrected chi connectivity index (χ2v) is 2.99. The number of alkyl halides is 3. The summed E-state index contributed by atoms with van der Waals surface area (Å²) in [4.78, 5) is 0. The molecule has 1 nitrogen and oxygen atoms in total. The largest absolute Gasteiger partial charge is 0.394 e. The van der Waals surface area contributed by atoms with Crippen LogP contribution in [0.2, 0.25) is 0 Å². The first kappa shape index (κ1) is 12.8. The van der Waals surface area contributed by atoms with Gasteiger partial charge in [0.05, 0.1) is 12.5 Å². The maximum Gasteiger partial charge on any atom is 0.394 e. The Hall–Kier alpha value is -0.250. The quantitative estimate of drug-likeness (QED) is 0.580.